The number of amides is 1. The molecule has 0 aromatic carbocycles. The van der Waals surface area contributed by atoms with Crippen LogP contribution in [0.25, 0.3) is 0 Å². The minimum Gasteiger partial charge on any atom is -0.480 e. The molecule has 2 rings (SSSR count). The van der Waals surface area contributed by atoms with Crippen LogP contribution < -0.4 is 0 Å². The van der Waals surface area contributed by atoms with Crippen LogP contribution in [0.2, 0.25) is 0 Å². The maximum atomic E-state index is 12.5. The lowest BCUT2D eigenvalue weighted by Crippen LogP contribution is -2.57. The molecule has 1 aliphatic heterocycles. The van der Waals surface area contributed by atoms with Gasteiger partial charge in [0.15, 0.2) is 0 Å². The first-order valence-electron chi connectivity index (χ1n) is 6.13. The zero-order valence-corrected chi connectivity index (χ0v) is 12.2. The van der Waals surface area contributed by atoms with Crippen molar-refractivity contribution in [3.05, 3.63) is 28.5 Å². The maximum Gasteiger partial charge on any atom is 0.329 e. The van der Waals surface area contributed by atoms with Crippen molar-refractivity contribution in [1.82, 2.24) is 9.88 Å². The molecule has 19 heavy (non-hydrogen) atoms. The van der Waals surface area contributed by atoms with Gasteiger partial charge in [-0.05, 0) is 54.2 Å². The fraction of sp³-hybridized carbons (Fsp3) is 0.462. The Morgan fingerprint density at radius 3 is 2.79 bits per heavy atom. The summed E-state index contributed by atoms with van der Waals surface area (Å²) in [6.07, 6.45) is 2.11. The van der Waals surface area contributed by atoms with Crippen molar-refractivity contribution < 1.29 is 14.7 Å². The van der Waals surface area contributed by atoms with Crippen LogP contribution in [0.4, 0.5) is 0 Å². The number of carboxylic acids is 1. The summed E-state index contributed by atoms with van der Waals surface area (Å²) < 4.78 is 0.562. The summed E-state index contributed by atoms with van der Waals surface area (Å²) in [4.78, 5) is 29.4. The van der Waals surface area contributed by atoms with Gasteiger partial charge in [0, 0.05) is 6.54 Å². The van der Waals surface area contributed by atoms with Crippen LogP contribution in [0.15, 0.2) is 22.8 Å². The van der Waals surface area contributed by atoms with Crippen LogP contribution in [-0.2, 0) is 4.79 Å². The molecule has 0 aliphatic carbocycles. The molecular weight excluding hydrogens is 312 g/mol. The lowest BCUT2D eigenvalue weighted by Gasteiger charge is -2.41. The van der Waals surface area contributed by atoms with Crippen molar-refractivity contribution >= 4 is 27.8 Å². The van der Waals surface area contributed by atoms with Gasteiger partial charge in [-0.2, -0.15) is 0 Å². The number of carbonyl (C=O) groups is 2. The molecule has 0 spiro atoms. The van der Waals surface area contributed by atoms with E-state index in [9.17, 15) is 14.7 Å². The van der Waals surface area contributed by atoms with E-state index < -0.39 is 11.5 Å². The molecule has 102 valence electrons. The van der Waals surface area contributed by atoms with Crippen LogP contribution in [0.5, 0.6) is 0 Å². The van der Waals surface area contributed by atoms with E-state index in [1.807, 2.05) is 0 Å². The zero-order chi connectivity index (χ0) is 14.0. The highest BCUT2D eigenvalue weighted by Gasteiger charge is 2.44. The highest BCUT2D eigenvalue weighted by Crippen LogP contribution is 2.29. The van der Waals surface area contributed by atoms with Gasteiger partial charge in [-0.15, -0.1) is 0 Å². The summed E-state index contributed by atoms with van der Waals surface area (Å²) in [5.74, 6) is -1.29. The van der Waals surface area contributed by atoms with Crippen molar-refractivity contribution in [3.63, 3.8) is 0 Å². The third kappa shape index (κ3) is 2.63. The Bertz CT molecular complexity index is 520. The number of hydrogen-bond acceptors (Lipinski definition) is 3. The number of rotatable bonds is 2. The molecule has 1 atom stereocenters. The molecular formula is C13H15BrN2O3. The first-order chi connectivity index (χ1) is 8.95. The van der Waals surface area contributed by atoms with Crippen LogP contribution >= 0.6 is 15.9 Å². The second-order valence-corrected chi connectivity index (χ2v) is 5.65. The minimum absolute atomic E-state index is 0.267. The van der Waals surface area contributed by atoms with Crippen molar-refractivity contribution in [3.8, 4) is 0 Å². The third-order valence-corrected chi connectivity index (χ3v) is 3.97. The zero-order valence-electron chi connectivity index (χ0n) is 10.6. The quantitative estimate of drug-likeness (QED) is 0.846. The number of carboxylic acid groups (broad SMARTS) is 1. The highest BCUT2D eigenvalue weighted by atomic mass is 79.9. The van der Waals surface area contributed by atoms with E-state index in [-0.39, 0.29) is 11.6 Å². The fourth-order valence-corrected chi connectivity index (χ4v) is 2.68. The number of aliphatic carboxylic acids is 1. The van der Waals surface area contributed by atoms with Gasteiger partial charge in [-0.3, -0.25) is 4.79 Å². The fourth-order valence-electron chi connectivity index (χ4n) is 2.33. The Morgan fingerprint density at radius 1 is 1.42 bits per heavy atom. The van der Waals surface area contributed by atoms with Gasteiger partial charge in [0.1, 0.15) is 15.8 Å². The van der Waals surface area contributed by atoms with E-state index in [1.54, 1.807) is 25.1 Å². The molecule has 0 radical (unpaired) electrons. The number of pyridine rings is 1. The number of halogens is 1. The highest BCUT2D eigenvalue weighted by molar-refractivity contribution is 9.10. The van der Waals surface area contributed by atoms with Crippen molar-refractivity contribution in [2.75, 3.05) is 6.54 Å². The monoisotopic (exact) mass is 326 g/mol. The normalized spacial score (nSPS) is 23.2. The number of piperidine rings is 1. The average molecular weight is 327 g/mol. The van der Waals surface area contributed by atoms with E-state index in [4.69, 9.17) is 0 Å². The van der Waals surface area contributed by atoms with Gasteiger partial charge in [0.2, 0.25) is 0 Å². The van der Waals surface area contributed by atoms with Crippen LogP contribution in [-0.4, -0.2) is 39.0 Å². The Balaban J connectivity index is 2.33. The Labute approximate surface area is 119 Å². The molecule has 1 aromatic rings. The predicted octanol–water partition coefficient (Wildman–Crippen LogP) is 2.31. The summed E-state index contributed by atoms with van der Waals surface area (Å²) in [7, 11) is 0. The number of hydrogen-bond donors (Lipinski definition) is 1. The molecule has 1 aromatic heterocycles. The molecule has 2 heterocycles. The predicted molar refractivity (Wildman–Crippen MR) is 72.9 cm³/mol. The van der Waals surface area contributed by atoms with Crippen molar-refractivity contribution in [1.29, 1.82) is 0 Å². The maximum absolute atomic E-state index is 12.5. The molecule has 0 saturated carbocycles. The first-order valence-corrected chi connectivity index (χ1v) is 6.92. The topological polar surface area (TPSA) is 70.5 Å². The average Bonchev–Trinajstić information content (AvgIpc) is 2.38. The number of likely N-dealkylation sites (tertiary alicyclic amines) is 1. The lowest BCUT2D eigenvalue weighted by molar-refractivity contribution is -0.150. The Kier molecular flexibility index (Phi) is 3.89. The second-order valence-electron chi connectivity index (χ2n) is 4.84. The van der Waals surface area contributed by atoms with Gasteiger partial charge in [0.05, 0.1) is 0 Å². The number of carbonyl (C=O) groups excluding carboxylic acids is 1. The Hall–Kier alpha value is -1.43. The number of aromatic nitrogens is 1. The van der Waals surface area contributed by atoms with Crippen LogP contribution in [0, 0.1) is 0 Å². The van der Waals surface area contributed by atoms with E-state index in [1.165, 1.54) is 4.90 Å². The molecule has 0 bridgehead atoms. The molecule has 1 fully saturated rings. The second kappa shape index (κ2) is 5.28. The molecule has 6 heteroatoms. The smallest absolute Gasteiger partial charge is 0.329 e. The van der Waals surface area contributed by atoms with E-state index in [0.29, 0.717) is 17.6 Å². The van der Waals surface area contributed by atoms with Gasteiger partial charge in [-0.25, -0.2) is 9.78 Å². The van der Waals surface area contributed by atoms with Crippen LogP contribution in [0.1, 0.15) is 36.7 Å². The van der Waals surface area contributed by atoms with Gasteiger partial charge < -0.3 is 10.0 Å². The van der Waals surface area contributed by atoms with E-state index >= 15 is 0 Å². The third-order valence-electron chi connectivity index (χ3n) is 3.53. The van der Waals surface area contributed by atoms with Crippen molar-refractivity contribution in [2.24, 2.45) is 0 Å². The first kappa shape index (κ1) is 14.0. The molecule has 5 nitrogen and oxygen atoms in total. The molecule has 1 unspecified atom stereocenters. The lowest BCUT2D eigenvalue weighted by atomic mass is 9.88. The van der Waals surface area contributed by atoms with Crippen molar-refractivity contribution in [2.45, 2.75) is 31.7 Å². The molecule has 1 amide bonds. The van der Waals surface area contributed by atoms with E-state index in [0.717, 1.165) is 12.8 Å². The Morgan fingerprint density at radius 2 is 2.16 bits per heavy atom. The van der Waals surface area contributed by atoms with Gasteiger partial charge in [0.25, 0.3) is 5.91 Å². The molecule has 1 saturated heterocycles. The van der Waals surface area contributed by atoms with Crippen LogP contribution in [0.3, 0.4) is 0 Å². The minimum atomic E-state index is -1.14. The number of nitrogens with zero attached hydrogens (tertiary/aromatic N) is 2. The SMILES string of the molecule is CC1(C(=O)O)CCCCN1C(=O)c1cccc(Br)n1. The largest absolute Gasteiger partial charge is 0.480 e. The summed E-state index contributed by atoms with van der Waals surface area (Å²) in [5, 5.41) is 9.39. The summed E-state index contributed by atoms with van der Waals surface area (Å²) in [6.45, 7) is 2.06. The standard InChI is InChI=1S/C13H15BrN2O3/c1-13(12(18)19)7-2-3-8-16(13)11(17)9-5-4-6-10(14)15-9/h4-6H,2-3,7-8H2,1H3,(H,18,19). The summed E-state index contributed by atoms with van der Waals surface area (Å²) >= 11 is 3.21. The van der Waals surface area contributed by atoms with Gasteiger partial charge in [-0.1, -0.05) is 6.07 Å². The summed E-state index contributed by atoms with van der Waals surface area (Å²) in [6, 6.07) is 5.04. The van der Waals surface area contributed by atoms with E-state index in [2.05, 4.69) is 20.9 Å². The summed E-state index contributed by atoms with van der Waals surface area (Å²) in [5.41, 5.74) is -0.872. The molecule has 1 N–H and O–H groups in total. The van der Waals surface area contributed by atoms with Gasteiger partial charge >= 0.3 is 5.97 Å². The molecule has 1 aliphatic rings.